The van der Waals surface area contributed by atoms with Gasteiger partial charge in [0.25, 0.3) is 5.91 Å². The molecule has 0 fully saturated rings. The average Bonchev–Trinajstić information content (AvgIpc) is 3.23. The van der Waals surface area contributed by atoms with Gasteiger partial charge in [0.05, 0.1) is 5.57 Å². The Morgan fingerprint density at radius 3 is 2.36 bits per heavy atom. The quantitative estimate of drug-likeness (QED) is 0.483. The number of rotatable bonds is 4. The van der Waals surface area contributed by atoms with E-state index in [1.54, 1.807) is 60.3 Å². The van der Waals surface area contributed by atoms with Gasteiger partial charge in [0.15, 0.2) is 5.82 Å². The van der Waals surface area contributed by atoms with Crippen LogP contribution < -0.4 is 10.6 Å². The van der Waals surface area contributed by atoms with Crippen LogP contribution in [0.3, 0.4) is 0 Å². The first-order valence-corrected chi connectivity index (χ1v) is 10.2. The largest absolute Gasteiger partial charge is 0.328 e. The van der Waals surface area contributed by atoms with Crippen LogP contribution in [0.15, 0.2) is 84.2 Å². The second-order valence-electron chi connectivity index (χ2n) is 7.50. The molecule has 1 aliphatic rings. The number of anilines is 2. The van der Waals surface area contributed by atoms with Gasteiger partial charge in [-0.3, -0.25) is 4.79 Å². The monoisotopic (exact) mass is 444 g/mol. The molecule has 2 aromatic carbocycles. The second kappa shape index (κ2) is 8.27. The van der Waals surface area contributed by atoms with Crippen LogP contribution in [0, 0.1) is 11.6 Å². The number of hydrogen-bond acceptors (Lipinski definition) is 5. The Labute approximate surface area is 187 Å². The summed E-state index contributed by atoms with van der Waals surface area (Å²) in [6.07, 6.45) is 1.58. The molecule has 2 aromatic heterocycles. The Balaban J connectivity index is 1.60. The third-order valence-electron chi connectivity index (χ3n) is 5.29. The van der Waals surface area contributed by atoms with Gasteiger partial charge in [-0.05, 0) is 61.0 Å². The van der Waals surface area contributed by atoms with Crippen molar-refractivity contribution in [3.05, 3.63) is 101 Å². The van der Waals surface area contributed by atoms with Crippen LogP contribution in [0.4, 0.5) is 20.5 Å². The molecule has 0 saturated carbocycles. The van der Waals surface area contributed by atoms with Crippen molar-refractivity contribution in [2.45, 2.75) is 13.0 Å². The Morgan fingerprint density at radius 2 is 1.70 bits per heavy atom. The van der Waals surface area contributed by atoms with E-state index in [4.69, 9.17) is 0 Å². The number of carbonyl (C=O) groups is 1. The Bertz CT molecular complexity index is 1350. The number of benzene rings is 2. The highest BCUT2D eigenvalue weighted by Crippen LogP contribution is 2.36. The molecule has 1 aliphatic heterocycles. The van der Waals surface area contributed by atoms with E-state index < -0.39 is 11.9 Å². The molecule has 1 unspecified atom stereocenters. The number of halogens is 2. The summed E-state index contributed by atoms with van der Waals surface area (Å²) < 4.78 is 28.6. The Kier molecular flexibility index (Phi) is 5.14. The van der Waals surface area contributed by atoms with Gasteiger partial charge < -0.3 is 10.6 Å². The van der Waals surface area contributed by atoms with Crippen LogP contribution >= 0.6 is 0 Å². The van der Waals surface area contributed by atoms with Crippen molar-refractivity contribution in [2.24, 2.45) is 0 Å². The normalized spacial score (nSPS) is 15.1. The lowest BCUT2D eigenvalue weighted by Crippen LogP contribution is -2.31. The van der Waals surface area contributed by atoms with E-state index in [1.807, 2.05) is 0 Å². The summed E-state index contributed by atoms with van der Waals surface area (Å²) in [5, 5.41) is 10.5. The lowest BCUT2D eigenvalue weighted by molar-refractivity contribution is -0.113. The maximum atomic E-state index is 13.7. The molecule has 1 atom stereocenters. The maximum Gasteiger partial charge on any atom is 0.257 e. The number of hydrogen-bond donors (Lipinski definition) is 2. The molecule has 0 radical (unpaired) electrons. The molecule has 0 bridgehead atoms. The Morgan fingerprint density at radius 1 is 1.00 bits per heavy atom. The van der Waals surface area contributed by atoms with Crippen LogP contribution in [-0.4, -0.2) is 25.7 Å². The van der Waals surface area contributed by atoms with E-state index >= 15 is 0 Å². The van der Waals surface area contributed by atoms with Crippen molar-refractivity contribution in [3.63, 3.8) is 0 Å². The fraction of sp³-hybridized carbons (Fsp3) is 0.0833. The van der Waals surface area contributed by atoms with E-state index in [2.05, 4.69) is 25.7 Å². The van der Waals surface area contributed by atoms with Gasteiger partial charge in [-0.1, -0.05) is 18.2 Å². The molecule has 3 heterocycles. The predicted octanol–water partition coefficient (Wildman–Crippen LogP) is 4.55. The van der Waals surface area contributed by atoms with Crippen molar-refractivity contribution >= 4 is 17.7 Å². The molecule has 0 aliphatic carbocycles. The zero-order valence-electron chi connectivity index (χ0n) is 17.5. The summed E-state index contributed by atoms with van der Waals surface area (Å²) in [4.78, 5) is 22.0. The average molecular weight is 444 g/mol. The second-order valence-corrected chi connectivity index (χ2v) is 7.50. The van der Waals surface area contributed by atoms with Gasteiger partial charge in [0.1, 0.15) is 23.5 Å². The number of pyridine rings is 1. The first-order chi connectivity index (χ1) is 16.0. The first kappa shape index (κ1) is 20.5. The van der Waals surface area contributed by atoms with Gasteiger partial charge in [0, 0.05) is 17.5 Å². The fourth-order valence-corrected chi connectivity index (χ4v) is 3.74. The van der Waals surface area contributed by atoms with Crippen molar-refractivity contribution in [2.75, 3.05) is 10.6 Å². The minimum absolute atomic E-state index is 0.365. The number of fused-ring (bicyclic) bond motifs is 1. The number of carbonyl (C=O) groups excluding carboxylic acids is 1. The van der Waals surface area contributed by atoms with E-state index in [-0.39, 0.29) is 11.7 Å². The maximum absolute atomic E-state index is 13.7. The molecule has 164 valence electrons. The molecule has 9 heteroatoms. The minimum Gasteiger partial charge on any atom is -0.328 e. The van der Waals surface area contributed by atoms with Crippen LogP contribution in [-0.2, 0) is 4.79 Å². The molecule has 5 rings (SSSR count). The Hall–Kier alpha value is -4.40. The van der Waals surface area contributed by atoms with Gasteiger partial charge in [0.2, 0.25) is 5.95 Å². The van der Waals surface area contributed by atoms with Crippen LogP contribution in [0.25, 0.3) is 11.4 Å². The highest BCUT2D eigenvalue weighted by Gasteiger charge is 2.34. The highest BCUT2D eigenvalue weighted by molar-refractivity contribution is 6.05. The summed E-state index contributed by atoms with van der Waals surface area (Å²) in [7, 11) is 0. The lowest BCUT2D eigenvalue weighted by atomic mass is 9.95. The van der Waals surface area contributed by atoms with Gasteiger partial charge in [-0.2, -0.15) is 4.98 Å². The number of nitrogens with zero attached hydrogens (tertiary/aromatic N) is 4. The minimum atomic E-state index is -0.674. The molecular weight excluding hydrogens is 426 g/mol. The smallest absolute Gasteiger partial charge is 0.257 e. The van der Waals surface area contributed by atoms with Gasteiger partial charge >= 0.3 is 0 Å². The zero-order valence-corrected chi connectivity index (χ0v) is 17.5. The molecule has 0 saturated heterocycles. The number of allylic oxidation sites excluding steroid dienone is 1. The highest BCUT2D eigenvalue weighted by atomic mass is 19.1. The number of nitrogens with one attached hydrogen (secondary N) is 2. The summed E-state index contributed by atoms with van der Waals surface area (Å²) >= 11 is 0. The zero-order chi connectivity index (χ0) is 22.9. The van der Waals surface area contributed by atoms with Gasteiger partial charge in [-0.25, -0.2) is 18.4 Å². The van der Waals surface area contributed by atoms with E-state index in [9.17, 15) is 13.6 Å². The molecule has 4 aromatic rings. The molecular formula is C24H18F2N6O. The summed E-state index contributed by atoms with van der Waals surface area (Å²) in [5.74, 6) is 0.0450. The number of amides is 1. The van der Waals surface area contributed by atoms with Crippen molar-refractivity contribution in [3.8, 4) is 11.4 Å². The number of aromatic nitrogens is 4. The molecule has 7 nitrogen and oxygen atoms in total. The first-order valence-electron chi connectivity index (χ1n) is 10.2. The summed E-state index contributed by atoms with van der Waals surface area (Å²) in [6, 6.07) is 16.2. The molecule has 1 amide bonds. The topological polar surface area (TPSA) is 84.7 Å². The van der Waals surface area contributed by atoms with Crippen LogP contribution in [0.1, 0.15) is 18.5 Å². The molecule has 33 heavy (non-hydrogen) atoms. The van der Waals surface area contributed by atoms with Crippen molar-refractivity contribution in [1.29, 1.82) is 0 Å². The van der Waals surface area contributed by atoms with E-state index in [0.717, 1.165) is 0 Å². The predicted molar refractivity (Wildman–Crippen MR) is 119 cm³/mol. The lowest BCUT2D eigenvalue weighted by Gasteiger charge is -2.28. The SMILES string of the molecule is CC1=C(C(=O)Nc2ccccn2)C(c2ccc(F)cc2)n2nc(-c3ccc(F)cc3)nc2N1. The van der Waals surface area contributed by atoms with E-state index in [0.29, 0.717) is 40.0 Å². The van der Waals surface area contributed by atoms with Crippen molar-refractivity contribution < 1.29 is 13.6 Å². The third-order valence-corrected chi connectivity index (χ3v) is 5.29. The third kappa shape index (κ3) is 3.96. The van der Waals surface area contributed by atoms with E-state index in [1.165, 1.54) is 24.3 Å². The van der Waals surface area contributed by atoms with Crippen LogP contribution in [0.2, 0.25) is 0 Å². The van der Waals surface area contributed by atoms with Gasteiger partial charge in [-0.15, -0.1) is 5.10 Å². The molecule has 2 N–H and O–H groups in total. The fourth-order valence-electron chi connectivity index (χ4n) is 3.74. The standard InChI is InChI=1S/C24H18F2N6O/c1-14-20(23(33)29-19-4-2-3-13-27-19)21(15-5-9-17(25)10-6-15)32-24(28-14)30-22(31-32)16-7-11-18(26)12-8-16/h2-13,21H,1H3,(H,27,29,33)(H,28,30,31). The summed E-state index contributed by atoms with van der Waals surface area (Å²) in [6.45, 7) is 1.76. The summed E-state index contributed by atoms with van der Waals surface area (Å²) in [5.41, 5.74) is 2.23. The van der Waals surface area contributed by atoms with Crippen LogP contribution in [0.5, 0.6) is 0 Å². The van der Waals surface area contributed by atoms with Crippen molar-refractivity contribution in [1.82, 2.24) is 19.7 Å². The molecule has 0 spiro atoms.